The fourth-order valence-electron chi connectivity index (χ4n) is 2.89. The first-order valence-corrected chi connectivity index (χ1v) is 6.91. The van der Waals surface area contributed by atoms with Gasteiger partial charge in [0.2, 0.25) is 5.91 Å². The maximum atomic E-state index is 12.1. The summed E-state index contributed by atoms with van der Waals surface area (Å²) in [7, 11) is 0. The number of carbonyl (C=O) groups excluding carboxylic acids is 1. The Morgan fingerprint density at radius 3 is 2.50 bits per heavy atom. The molecule has 5 heteroatoms. The van der Waals surface area contributed by atoms with Gasteiger partial charge in [-0.05, 0) is 44.6 Å². The molecule has 2 fully saturated rings. The summed E-state index contributed by atoms with van der Waals surface area (Å²) in [5.74, 6) is -0.00506. The number of amides is 1. The highest BCUT2D eigenvalue weighted by Crippen LogP contribution is 2.23. The van der Waals surface area contributed by atoms with Gasteiger partial charge >= 0.3 is 5.97 Å². The van der Waals surface area contributed by atoms with Crippen molar-refractivity contribution in [2.45, 2.75) is 44.6 Å². The van der Waals surface area contributed by atoms with Crippen LogP contribution in [0.25, 0.3) is 0 Å². The Kier molecular flexibility index (Phi) is 4.58. The Bertz CT molecular complexity index is 305. The molecular formula is C13H22N2O3. The van der Waals surface area contributed by atoms with E-state index < -0.39 is 5.97 Å². The lowest BCUT2D eigenvalue weighted by Gasteiger charge is -2.33. The second kappa shape index (κ2) is 6.18. The Balaban J connectivity index is 1.72. The fourth-order valence-corrected chi connectivity index (χ4v) is 2.89. The van der Waals surface area contributed by atoms with E-state index in [4.69, 9.17) is 5.11 Å². The van der Waals surface area contributed by atoms with Crippen molar-refractivity contribution >= 4 is 11.9 Å². The predicted octanol–water partition coefficient (Wildman–Crippen LogP) is 0.842. The van der Waals surface area contributed by atoms with Crippen LogP contribution in [0, 0.1) is 5.92 Å². The van der Waals surface area contributed by atoms with Crippen LogP contribution in [0.3, 0.4) is 0 Å². The lowest BCUT2D eigenvalue weighted by Crippen LogP contribution is -2.47. The lowest BCUT2D eigenvalue weighted by molar-refractivity contribution is -0.138. The van der Waals surface area contributed by atoms with E-state index in [0.717, 1.165) is 51.7 Å². The molecule has 0 saturated carbocycles. The summed E-state index contributed by atoms with van der Waals surface area (Å²) in [5, 5.41) is 11.9. The van der Waals surface area contributed by atoms with E-state index in [0.29, 0.717) is 5.92 Å². The molecule has 2 N–H and O–H groups in total. The van der Waals surface area contributed by atoms with Crippen LogP contribution >= 0.6 is 0 Å². The first-order chi connectivity index (χ1) is 8.66. The molecule has 1 atom stereocenters. The number of likely N-dealkylation sites (tertiary alicyclic amines) is 1. The van der Waals surface area contributed by atoms with Crippen LogP contribution in [-0.2, 0) is 9.59 Å². The van der Waals surface area contributed by atoms with E-state index in [1.54, 1.807) is 0 Å². The van der Waals surface area contributed by atoms with Crippen molar-refractivity contribution in [2.24, 2.45) is 5.92 Å². The average Bonchev–Trinajstić information content (AvgIpc) is 2.90. The van der Waals surface area contributed by atoms with Gasteiger partial charge in [-0.15, -0.1) is 0 Å². The molecule has 2 saturated heterocycles. The highest BCUT2D eigenvalue weighted by Gasteiger charge is 2.29. The number of carbonyl (C=O) groups is 2. The number of hydrogen-bond acceptors (Lipinski definition) is 3. The zero-order valence-corrected chi connectivity index (χ0v) is 10.7. The summed E-state index contributed by atoms with van der Waals surface area (Å²) < 4.78 is 0. The van der Waals surface area contributed by atoms with Gasteiger partial charge in [0.25, 0.3) is 0 Å². The molecule has 5 nitrogen and oxygen atoms in total. The second-order valence-corrected chi connectivity index (χ2v) is 5.35. The molecule has 0 spiro atoms. The first-order valence-electron chi connectivity index (χ1n) is 6.91. The zero-order chi connectivity index (χ0) is 13.0. The van der Waals surface area contributed by atoms with Gasteiger partial charge < -0.3 is 15.3 Å². The highest BCUT2D eigenvalue weighted by atomic mass is 16.4. The van der Waals surface area contributed by atoms with Crippen molar-refractivity contribution in [2.75, 3.05) is 19.6 Å². The van der Waals surface area contributed by atoms with Gasteiger partial charge in [0.1, 0.15) is 0 Å². The SMILES string of the molecule is O=C(O)CCC1CCN(C(=O)[C@H]2CCCN2)CC1. The van der Waals surface area contributed by atoms with Gasteiger partial charge in [-0.3, -0.25) is 9.59 Å². The number of nitrogens with zero attached hydrogens (tertiary/aromatic N) is 1. The number of piperidine rings is 1. The van der Waals surface area contributed by atoms with E-state index in [-0.39, 0.29) is 18.4 Å². The van der Waals surface area contributed by atoms with Crippen LogP contribution in [-0.4, -0.2) is 47.6 Å². The molecule has 0 aliphatic carbocycles. The minimum Gasteiger partial charge on any atom is -0.481 e. The number of carboxylic acid groups (broad SMARTS) is 1. The highest BCUT2D eigenvalue weighted by molar-refractivity contribution is 5.82. The van der Waals surface area contributed by atoms with Crippen LogP contribution in [0.15, 0.2) is 0 Å². The molecule has 0 aromatic heterocycles. The standard InChI is InChI=1S/C13H22N2O3/c16-12(17)4-3-10-5-8-15(9-6-10)13(18)11-2-1-7-14-11/h10-11,14H,1-9H2,(H,16,17)/t11-/m1/s1. The van der Waals surface area contributed by atoms with Gasteiger partial charge in [-0.25, -0.2) is 0 Å². The predicted molar refractivity (Wildman–Crippen MR) is 67.2 cm³/mol. The molecule has 2 rings (SSSR count). The van der Waals surface area contributed by atoms with Gasteiger partial charge in [0.05, 0.1) is 6.04 Å². The maximum Gasteiger partial charge on any atom is 0.303 e. The smallest absolute Gasteiger partial charge is 0.303 e. The number of aliphatic carboxylic acids is 1. The minimum atomic E-state index is -0.719. The molecule has 0 radical (unpaired) electrons. The summed E-state index contributed by atoms with van der Waals surface area (Å²) in [5.41, 5.74) is 0. The normalized spacial score (nSPS) is 25.3. The Hall–Kier alpha value is -1.10. The number of rotatable bonds is 4. The van der Waals surface area contributed by atoms with Crippen molar-refractivity contribution in [3.05, 3.63) is 0 Å². The molecule has 0 aromatic carbocycles. The largest absolute Gasteiger partial charge is 0.481 e. The molecule has 0 unspecified atom stereocenters. The van der Waals surface area contributed by atoms with E-state index in [1.807, 2.05) is 4.90 Å². The van der Waals surface area contributed by atoms with E-state index >= 15 is 0 Å². The van der Waals surface area contributed by atoms with Crippen molar-refractivity contribution < 1.29 is 14.7 Å². The van der Waals surface area contributed by atoms with E-state index in [1.165, 1.54) is 0 Å². The van der Waals surface area contributed by atoms with E-state index in [9.17, 15) is 9.59 Å². The monoisotopic (exact) mass is 254 g/mol. The van der Waals surface area contributed by atoms with Crippen molar-refractivity contribution in [1.82, 2.24) is 10.2 Å². The zero-order valence-electron chi connectivity index (χ0n) is 10.7. The average molecular weight is 254 g/mol. The van der Waals surface area contributed by atoms with Crippen molar-refractivity contribution in [3.8, 4) is 0 Å². The van der Waals surface area contributed by atoms with E-state index in [2.05, 4.69) is 5.32 Å². The Labute approximate surface area is 108 Å². The summed E-state index contributed by atoms with van der Waals surface area (Å²) >= 11 is 0. The third-order valence-corrected chi connectivity index (χ3v) is 4.05. The van der Waals surface area contributed by atoms with Crippen LogP contribution in [0.4, 0.5) is 0 Å². The van der Waals surface area contributed by atoms with Gasteiger partial charge in [0, 0.05) is 19.5 Å². The van der Waals surface area contributed by atoms with Crippen LogP contribution in [0.5, 0.6) is 0 Å². The number of hydrogen-bond donors (Lipinski definition) is 2. The number of nitrogens with one attached hydrogen (secondary N) is 1. The quantitative estimate of drug-likeness (QED) is 0.780. The van der Waals surface area contributed by atoms with Crippen LogP contribution in [0.1, 0.15) is 38.5 Å². The third-order valence-electron chi connectivity index (χ3n) is 4.05. The number of carboxylic acids is 1. The summed E-state index contributed by atoms with van der Waals surface area (Å²) in [6.07, 6.45) is 4.95. The molecule has 2 aliphatic heterocycles. The molecule has 2 heterocycles. The Morgan fingerprint density at radius 2 is 1.94 bits per heavy atom. The second-order valence-electron chi connectivity index (χ2n) is 5.35. The molecule has 2 aliphatic rings. The van der Waals surface area contributed by atoms with Gasteiger partial charge in [0.15, 0.2) is 0 Å². The van der Waals surface area contributed by atoms with Crippen LogP contribution < -0.4 is 5.32 Å². The lowest BCUT2D eigenvalue weighted by atomic mass is 9.92. The van der Waals surface area contributed by atoms with Gasteiger partial charge in [-0.1, -0.05) is 0 Å². The van der Waals surface area contributed by atoms with Crippen molar-refractivity contribution in [3.63, 3.8) is 0 Å². The van der Waals surface area contributed by atoms with Gasteiger partial charge in [-0.2, -0.15) is 0 Å². The van der Waals surface area contributed by atoms with Crippen LogP contribution in [0.2, 0.25) is 0 Å². The summed E-state index contributed by atoms with van der Waals surface area (Å²) in [6, 6.07) is 0.0283. The summed E-state index contributed by atoms with van der Waals surface area (Å²) in [6.45, 7) is 2.54. The maximum absolute atomic E-state index is 12.1. The Morgan fingerprint density at radius 1 is 1.22 bits per heavy atom. The minimum absolute atomic E-state index is 0.0283. The fraction of sp³-hybridized carbons (Fsp3) is 0.846. The van der Waals surface area contributed by atoms with Crippen molar-refractivity contribution in [1.29, 1.82) is 0 Å². The summed E-state index contributed by atoms with van der Waals surface area (Å²) in [4.78, 5) is 24.6. The molecule has 0 bridgehead atoms. The molecular weight excluding hydrogens is 232 g/mol. The molecule has 18 heavy (non-hydrogen) atoms. The molecule has 1 amide bonds. The first kappa shape index (κ1) is 13.3. The third kappa shape index (κ3) is 3.45. The molecule has 0 aromatic rings. The topological polar surface area (TPSA) is 69.6 Å². The molecule has 102 valence electrons.